The number of hydrazine groups is 1. The number of piperidine rings is 1. The molecule has 0 spiro atoms. The van der Waals surface area contributed by atoms with Crippen molar-refractivity contribution in [3.8, 4) is 0 Å². The molecule has 0 radical (unpaired) electrons. The van der Waals surface area contributed by atoms with Crippen LogP contribution in [0.2, 0.25) is 0 Å². The van der Waals surface area contributed by atoms with E-state index < -0.39 is 0 Å². The first-order valence-corrected chi connectivity index (χ1v) is 6.96. The van der Waals surface area contributed by atoms with Crippen LogP contribution >= 0.6 is 0 Å². The highest BCUT2D eigenvalue weighted by molar-refractivity contribution is 5.81. The molecule has 5 nitrogen and oxygen atoms in total. The van der Waals surface area contributed by atoms with Crippen LogP contribution < -0.4 is 10.7 Å². The fourth-order valence-electron chi connectivity index (χ4n) is 2.93. The number of amides is 1. The second-order valence-corrected chi connectivity index (χ2v) is 5.57. The molecule has 18 heavy (non-hydrogen) atoms. The SMILES string of the molecule is COC1CNC(C(=O)NN2C(C)CCCC2C)C1. The second kappa shape index (κ2) is 5.99. The molecule has 0 aromatic rings. The Hall–Kier alpha value is -0.650. The lowest BCUT2D eigenvalue weighted by atomic mass is 10.00. The van der Waals surface area contributed by atoms with Gasteiger partial charge < -0.3 is 10.1 Å². The van der Waals surface area contributed by atoms with Crippen LogP contribution in [0.1, 0.15) is 39.5 Å². The van der Waals surface area contributed by atoms with Gasteiger partial charge in [-0.2, -0.15) is 0 Å². The number of carbonyl (C=O) groups excluding carboxylic acids is 1. The minimum Gasteiger partial charge on any atom is -0.380 e. The minimum atomic E-state index is -0.115. The van der Waals surface area contributed by atoms with Gasteiger partial charge in [0.1, 0.15) is 0 Å². The molecule has 2 rings (SSSR count). The van der Waals surface area contributed by atoms with Crippen LogP contribution in [-0.2, 0) is 9.53 Å². The Morgan fingerprint density at radius 3 is 2.56 bits per heavy atom. The average molecular weight is 255 g/mol. The van der Waals surface area contributed by atoms with E-state index in [0.29, 0.717) is 12.1 Å². The standard InChI is InChI=1S/C13H25N3O2/c1-9-5-4-6-10(2)16(9)15-13(17)12-7-11(18-3)8-14-12/h9-12,14H,4-8H2,1-3H3,(H,15,17). The van der Waals surface area contributed by atoms with E-state index in [1.54, 1.807) is 7.11 Å². The molecule has 5 heteroatoms. The maximum Gasteiger partial charge on any atom is 0.251 e. The van der Waals surface area contributed by atoms with Crippen molar-refractivity contribution < 1.29 is 9.53 Å². The fraction of sp³-hybridized carbons (Fsp3) is 0.923. The molecular formula is C13H25N3O2. The summed E-state index contributed by atoms with van der Waals surface area (Å²) in [6.45, 7) is 5.12. The summed E-state index contributed by atoms with van der Waals surface area (Å²) >= 11 is 0. The number of hydrogen-bond donors (Lipinski definition) is 2. The van der Waals surface area contributed by atoms with Gasteiger partial charge in [-0.25, -0.2) is 5.01 Å². The van der Waals surface area contributed by atoms with Crippen LogP contribution in [0.5, 0.6) is 0 Å². The summed E-state index contributed by atoms with van der Waals surface area (Å²) in [5, 5.41) is 5.33. The van der Waals surface area contributed by atoms with Crippen molar-refractivity contribution in [2.75, 3.05) is 13.7 Å². The molecule has 104 valence electrons. The monoisotopic (exact) mass is 255 g/mol. The third-order valence-corrected chi connectivity index (χ3v) is 4.17. The summed E-state index contributed by atoms with van der Waals surface area (Å²) in [7, 11) is 1.70. The second-order valence-electron chi connectivity index (χ2n) is 5.57. The molecule has 0 saturated carbocycles. The van der Waals surface area contributed by atoms with Crippen molar-refractivity contribution in [1.82, 2.24) is 15.8 Å². The van der Waals surface area contributed by atoms with E-state index in [0.717, 1.165) is 25.8 Å². The molecule has 2 aliphatic heterocycles. The Balaban J connectivity index is 1.86. The van der Waals surface area contributed by atoms with Gasteiger partial charge in [0.15, 0.2) is 0 Å². The van der Waals surface area contributed by atoms with Crippen LogP contribution in [0.25, 0.3) is 0 Å². The van der Waals surface area contributed by atoms with Gasteiger partial charge in [0.25, 0.3) is 5.91 Å². The largest absolute Gasteiger partial charge is 0.380 e. The number of carbonyl (C=O) groups is 1. The summed E-state index contributed by atoms with van der Waals surface area (Å²) < 4.78 is 5.27. The third-order valence-electron chi connectivity index (χ3n) is 4.17. The lowest BCUT2D eigenvalue weighted by molar-refractivity contribution is -0.131. The zero-order valence-electron chi connectivity index (χ0n) is 11.6. The summed E-state index contributed by atoms with van der Waals surface area (Å²) in [6, 6.07) is 0.742. The molecule has 4 atom stereocenters. The van der Waals surface area contributed by atoms with E-state index in [4.69, 9.17) is 4.74 Å². The van der Waals surface area contributed by atoms with E-state index >= 15 is 0 Å². The maximum absolute atomic E-state index is 12.2. The summed E-state index contributed by atoms with van der Waals surface area (Å²) in [5.74, 6) is 0.0788. The van der Waals surface area contributed by atoms with E-state index in [1.807, 2.05) is 0 Å². The zero-order chi connectivity index (χ0) is 13.1. The van der Waals surface area contributed by atoms with E-state index in [2.05, 4.69) is 29.6 Å². The number of nitrogens with one attached hydrogen (secondary N) is 2. The number of hydrogen-bond acceptors (Lipinski definition) is 4. The van der Waals surface area contributed by atoms with Crippen molar-refractivity contribution >= 4 is 5.91 Å². The molecule has 0 aromatic carbocycles. The zero-order valence-corrected chi connectivity index (χ0v) is 11.6. The summed E-state index contributed by atoms with van der Waals surface area (Å²) in [6.07, 6.45) is 4.49. The van der Waals surface area contributed by atoms with Gasteiger partial charge in [0.2, 0.25) is 0 Å². The Morgan fingerprint density at radius 2 is 2.00 bits per heavy atom. The van der Waals surface area contributed by atoms with Gasteiger partial charge in [-0.05, 0) is 33.1 Å². The van der Waals surface area contributed by atoms with Gasteiger partial charge >= 0.3 is 0 Å². The van der Waals surface area contributed by atoms with Gasteiger partial charge in [-0.15, -0.1) is 0 Å². The first-order valence-electron chi connectivity index (χ1n) is 6.96. The number of rotatable bonds is 3. The van der Waals surface area contributed by atoms with E-state index in [-0.39, 0.29) is 18.1 Å². The first kappa shape index (κ1) is 13.8. The quantitative estimate of drug-likeness (QED) is 0.778. The third kappa shape index (κ3) is 3.02. The Kier molecular flexibility index (Phi) is 4.59. The van der Waals surface area contributed by atoms with Gasteiger partial charge in [-0.1, -0.05) is 6.42 Å². The Morgan fingerprint density at radius 1 is 1.33 bits per heavy atom. The Labute approximate surface area is 109 Å². The highest BCUT2D eigenvalue weighted by atomic mass is 16.5. The van der Waals surface area contributed by atoms with Crippen LogP contribution in [-0.4, -0.2) is 48.8 Å². The van der Waals surface area contributed by atoms with Crippen LogP contribution in [0.4, 0.5) is 0 Å². The van der Waals surface area contributed by atoms with Gasteiger partial charge in [-0.3, -0.25) is 10.2 Å². The molecule has 4 unspecified atom stereocenters. The van der Waals surface area contributed by atoms with Crippen molar-refractivity contribution in [2.24, 2.45) is 0 Å². The minimum absolute atomic E-state index is 0.0788. The topological polar surface area (TPSA) is 53.6 Å². The van der Waals surface area contributed by atoms with Crippen LogP contribution in [0, 0.1) is 0 Å². The van der Waals surface area contributed by atoms with Crippen molar-refractivity contribution in [1.29, 1.82) is 0 Å². The molecule has 0 aromatic heterocycles. The molecule has 2 saturated heterocycles. The predicted molar refractivity (Wildman–Crippen MR) is 70.0 cm³/mol. The highest BCUT2D eigenvalue weighted by Crippen LogP contribution is 2.20. The molecule has 2 fully saturated rings. The van der Waals surface area contributed by atoms with E-state index in [9.17, 15) is 4.79 Å². The predicted octanol–water partition coefficient (Wildman–Crippen LogP) is 0.657. The lowest BCUT2D eigenvalue weighted by Gasteiger charge is -2.39. The van der Waals surface area contributed by atoms with Gasteiger partial charge in [0.05, 0.1) is 12.1 Å². The van der Waals surface area contributed by atoms with Gasteiger partial charge in [0, 0.05) is 25.7 Å². The molecule has 2 heterocycles. The van der Waals surface area contributed by atoms with Crippen molar-refractivity contribution in [2.45, 2.75) is 63.8 Å². The lowest BCUT2D eigenvalue weighted by Crippen LogP contribution is -2.57. The smallest absolute Gasteiger partial charge is 0.251 e. The average Bonchev–Trinajstić information content (AvgIpc) is 2.82. The maximum atomic E-state index is 12.2. The summed E-state index contributed by atoms with van der Waals surface area (Å²) in [4.78, 5) is 12.2. The molecule has 2 aliphatic rings. The number of ether oxygens (including phenoxy) is 1. The molecule has 0 aliphatic carbocycles. The normalized spacial score (nSPS) is 37.7. The van der Waals surface area contributed by atoms with E-state index in [1.165, 1.54) is 6.42 Å². The molecule has 0 bridgehead atoms. The van der Waals surface area contributed by atoms with Crippen LogP contribution in [0.15, 0.2) is 0 Å². The summed E-state index contributed by atoms with van der Waals surface area (Å²) in [5.41, 5.74) is 3.08. The Bertz CT molecular complexity index is 288. The molecule has 1 amide bonds. The van der Waals surface area contributed by atoms with Crippen molar-refractivity contribution in [3.63, 3.8) is 0 Å². The molecular weight excluding hydrogens is 230 g/mol. The number of methoxy groups -OCH3 is 1. The number of nitrogens with zero attached hydrogens (tertiary/aromatic N) is 1. The first-order chi connectivity index (χ1) is 8.61. The highest BCUT2D eigenvalue weighted by Gasteiger charge is 2.32. The fourth-order valence-corrected chi connectivity index (χ4v) is 2.93. The van der Waals surface area contributed by atoms with Crippen LogP contribution in [0.3, 0.4) is 0 Å². The van der Waals surface area contributed by atoms with Crippen molar-refractivity contribution in [3.05, 3.63) is 0 Å². The molecule has 2 N–H and O–H groups in total.